The topological polar surface area (TPSA) is 86.4 Å². The molecule has 2 aromatic heterocycles. The summed E-state index contributed by atoms with van der Waals surface area (Å²) in [6.45, 7) is 6.66. The molecule has 0 aliphatic carbocycles. The van der Waals surface area contributed by atoms with E-state index in [2.05, 4.69) is 10.4 Å². The molecule has 0 spiro atoms. The molecule has 0 saturated heterocycles. The summed E-state index contributed by atoms with van der Waals surface area (Å²) in [5.74, 6) is 0.222. The van der Waals surface area contributed by atoms with Gasteiger partial charge in [-0.15, -0.1) is 0 Å². The molecule has 3 aromatic rings. The van der Waals surface area contributed by atoms with Crippen LogP contribution in [0.15, 0.2) is 51.9 Å². The van der Waals surface area contributed by atoms with Gasteiger partial charge >= 0.3 is 5.63 Å². The Morgan fingerprint density at radius 1 is 1.33 bits per heavy atom. The minimum absolute atomic E-state index is 0.189. The molecule has 1 N–H and O–H groups in total. The van der Waals surface area contributed by atoms with Crippen LogP contribution in [-0.4, -0.2) is 28.8 Å². The number of fused-ring (bicyclic) bond motifs is 1. The highest BCUT2D eigenvalue weighted by Crippen LogP contribution is 2.24. The molecule has 7 heteroatoms. The lowest BCUT2D eigenvalue weighted by Gasteiger charge is -2.31. The van der Waals surface area contributed by atoms with Crippen molar-refractivity contribution >= 4 is 16.9 Å². The van der Waals surface area contributed by atoms with Gasteiger partial charge in [0.15, 0.2) is 0 Å². The smallest absolute Gasteiger partial charge is 0.337 e. The third kappa shape index (κ3) is 4.19. The molecule has 2 heterocycles. The number of hydrogen-bond donors (Lipinski definition) is 1. The van der Waals surface area contributed by atoms with Crippen LogP contribution >= 0.6 is 0 Å². The van der Waals surface area contributed by atoms with E-state index >= 15 is 0 Å². The van der Waals surface area contributed by atoms with Crippen molar-refractivity contribution < 1.29 is 13.9 Å². The molecule has 3 rings (SSSR count). The Hall–Kier alpha value is -3.09. The zero-order valence-corrected chi connectivity index (χ0v) is 15.9. The van der Waals surface area contributed by atoms with Crippen LogP contribution in [-0.2, 0) is 6.54 Å². The van der Waals surface area contributed by atoms with Crippen LogP contribution in [0, 0.1) is 5.41 Å². The fraction of sp³-hybridized carbons (Fsp3) is 0.350. The molecule has 0 bridgehead atoms. The van der Waals surface area contributed by atoms with E-state index < -0.39 is 5.63 Å². The third-order valence-corrected chi connectivity index (χ3v) is 4.48. The number of methoxy groups -OCH3 is 1. The SMILES string of the molecule is COc1ccc2c(C(=O)NC(Cn3cccn3)C(C)(C)C)cc(=O)oc2c1. The predicted octanol–water partition coefficient (Wildman–Crippen LogP) is 2.84. The Labute approximate surface area is 156 Å². The minimum atomic E-state index is -0.583. The van der Waals surface area contributed by atoms with Crippen molar-refractivity contribution in [1.82, 2.24) is 15.1 Å². The van der Waals surface area contributed by atoms with Crippen LogP contribution in [0.4, 0.5) is 0 Å². The maximum atomic E-state index is 13.0. The molecule has 142 valence electrons. The number of carbonyl (C=O) groups is 1. The van der Waals surface area contributed by atoms with E-state index in [1.54, 1.807) is 29.1 Å². The first kappa shape index (κ1) is 18.7. The first-order valence-corrected chi connectivity index (χ1v) is 8.68. The quantitative estimate of drug-likeness (QED) is 0.699. The van der Waals surface area contributed by atoms with E-state index in [1.165, 1.54) is 13.2 Å². The van der Waals surface area contributed by atoms with E-state index in [1.807, 2.05) is 33.0 Å². The highest BCUT2D eigenvalue weighted by Gasteiger charge is 2.28. The van der Waals surface area contributed by atoms with E-state index in [9.17, 15) is 9.59 Å². The number of aromatic nitrogens is 2. The van der Waals surface area contributed by atoms with E-state index in [0.29, 0.717) is 23.3 Å². The first-order chi connectivity index (χ1) is 12.8. The second-order valence-electron chi connectivity index (χ2n) is 7.46. The molecule has 7 nitrogen and oxygen atoms in total. The fourth-order valence-electron chi connectivity index (χ4n) is 2.83. The maximum absolute atomic E-state index is 13.0. The molecule has 0 fully saturated rings. The number of ether oxygens (including phenoxy) is 1. The Morgan fingerprint density at radius 3 is 2.74 bits per heavy atom. The van der Waals surface area contributed by atoms with Gasteiger partial charge in [0.2, 0.25) is 0 Å². The van der Waals surface area contributed by atoms with Gasteiger partial charge in [-0.2, -0.15) is 5.10 Å². The number of amides is 1. The van der Waals surface area contributed by atoms with Gasteiger partial charge in [0.05, 0.1) is 25.3 Å². The summed E-state index contributed by atoms with van der Waals surface area (Å²) in [5.41, 5.74) is -0.203. The summed E-state index contributed by atoms with van der Waals surface area (Å²) < 4.78 is 12.2. The molecule has 1 atom stereocenters. The Bertz CT molecular complexity index is 1000. The van der Waals surface area contributed by atoms with E-state index in [0.717, 1.165) is 0 Å². The fourth-order valence-corrected chi connectivity index (χ4v) is 2.83. The molecule has 0 radical (unpaired) electrons. The highest BCUT2D eigenvalue weighted by molar-refractivity contribution is 6.05. The minimum Gasteiger partial charge on any atom is -0.497 e. The van der Waals surface area contributed by atoms with Crippen LogP contribution in [0.3, 0.4) is 0 Å². The van der Waals surface area contributed by atoms with Crippen LogP contribution < -0.4 is 15.7 Å². The predicted molar refractivity (Wildman–Crippen MR) is 102 cm³/mol. The first-order valence-electron chi connectivity index (χ1n) is 8.68. The van der Waals surface area contributed by atoms with Crippen molar-refractivity contribution in [3.8, 4) is 5.75 Å². The molecule has 1 amide bonds. The third-order valence-electron chi connectivity index (χ3n) is 4.48. The van der Waals surface area contributed by atoms with Crippen LogP contribution in [0.25, 0.3) is 11.0 Å². The molecular weight excluding hydrogens is 346 g/mol. The lowest BCUT2D eigenvalue weighted by Crippen LogP contribution is -2.46. The highest BCUT2D eigenvalue weighted by atomic mass is 16.5. The summed E-state index contributed by atoms with van der Waals surface area (Å²) in [6, 6.07) is 7.90. The second kappa shape index (κ2) is 7.26. The van der Waals surface area contributed by atoms with Crippen molar-refractivity contribution in [2.45, 2.75) is 33.4 Å². The van der Waals surface area contributed by atoms with Crippen molar-refractivity contribution in [3.05, 3.63) is 58.7 Å². The number of rotatable bonds is 5. The molecule has 0 saturated carbocycles. The summed E-state index contributed by atoms with van der Waals surface area (Å²) in [5, 5.41) is 7.82. The van der Waals surface area contributed by atoms with Crippen molar-refractivity contribution in [2.24, 2.45) is 5.41 Å². The monoisotopic (exact) mass is 369 g/mol. The zero-order chi connectivity index (χ0) is 19.6. The Morgan fingerprint density at radius 2 is 2.11 bits per heavy atom. The van der Waals surface area contributed by atoms with Crippen molar-refractivity contribution in [3.63, 3.8) is 0 Å². The standard InChI is InChI=1S/C20H23N3O4/c1-20(2,3)17(12-23-9-5-8-21-23)22-19(25)15-11-18(24)27-16-10-13(26-4)6-7-14(15)16/h5-11,17H,12H2,1-4H3,(H,22,25). The molecular formula is C20H23N3O4. The zero-order valence-electron chi connectivity index (χ0n) is 15.9. The summed E-state index contributed by atoms with van der Waals surface area (Å²) in [7, 11) is 1.53. The van der Waals surface area contributed by atoms with Gasteiger partial charge in [-0.3, -0.25) is 9.48 Å². The average Bonchev–Trinajstić information content (AvgIpc) is 3.12. The molecule has 0 aliphatic rings. The van der Waals surface area contributed by atoms with Gasteiger partial charge in [-0.25, -0.2) is 4.79 Å². The maximum Gasteiger partial charge on any atom is 0.337 e. The summed E-state index contributed by atoms with van der Waals surface area (Å²) in [6.07, 6.45) is 3.55. The molecule has 1 aromatic carbocycles. The van der Waals surface area contributed by atoms with Gasteiger partial charge in [-0.05, 0) is 23.6 Å². The number of hydrogen-bond acceptors (Lipinski definition) is 5. The van der Waals surface area contributed by atoms with Crippen LogP contribution in [0.5, 0.6) is 5.75 Å². The van der Waals surface area contributed by atoms with Crippen LogP contribution in [0.2, 0.25) is 0 Å². The van der Waals surface area contributed by atoms with E-state index in [-0.39, 0.29) is 22.9 Å². The van der Waals surface area contributed by atoms with Gasteiger partial charge in [0, 0.05) is 29.9 Å². The average molecular weight is 369 g/mol. The second-order valence-corrected chi connectivity index (χ2v) is 7.46. The number of benzene rings is 1. The largest absolute Gasteiger partial charge is 0.497 e. The Balaban J connectivity index is 1.95. The number of nitrogens with zero attached hydrogens (tertiary/aromatic N) is 2. The number of carbonyl (C=O) groups excluding carboxylic acids is 1. The van der Waals surface area contributed by atoms with Gasteiger partial charge < -0.3 is 14.5 Å². The lowest BCUT2D eigenvalue weighted by atomic mass is 9.86. The van der Waals surface area contributed by atoms with Crippen molar-refractivity contribution in [2.75, 3.05) is 7.11 Å². The summed E-state index contributed by atoms with van der Waals surface area (Å²) >= 11 is 0. The lowest BCUT2D eigenvalue weighted by molar-refractivity contribution is 0.0891. The normalized spacial score (nSPS) is 12.7. The summed E-state index contributed by atoms with van der Waals surface area (Å²) in [4.78, 5) is 24.9. The molecule has 0 aliphatic heterocycles. The van der Waals surface area contributed by atoms with Gasteiger partial charge in [0.25, 0.3) is 5.91 Å². The van der Waals surface area contributed by atoms with Gasteiger partial charge in [0.1, 0.15) is 11.3 Å². The van der Waals surface area contributed by atoms with Crippen LogP contribution in [0.1, 0.15) is 31.1 Å². The Kier molecular flexibility index (Phi) is 5.03. The number of nitrogens with one attached hydrogen (secondary N) is 1. The van der Waals surface area contributed by atoms with Gasteiger partial charge in [-0.1, -0.05) is 20.8 Å². The van der Waals surface area contributed by atoms with Crippen molar-refractivity contribution in [1.29, 1.82) is 0 Å². The molecule has 27 heavy (non-hydrogen) atoms. The van der Waals surface area contributed by atoms with E-state index in [4.69, 9.17) is 9.15 Å². The molecule has 1 unspecified atom stereocenters.